The molecular formula is C40H65F2N5O5. The smallest absolute Gasteiger partial charge is 0.257 e. The lowest BCUT2D eigenvalue weighted by Crippen LogP contribution is -2.64. The van der Waals surface area contributed by atoms with E-state index < -0.39 is 23.9 Å². The number of primary amides is 1. The van der Waals surface area contributed by atoms with Gasteiger partial charge >= 0.3 is 0 Å². The van der Waals surface area contributed by atoms with Crippen LogP contribution in [0.15, 0.2) is 55.4 Å². The first-order valence-corrected chi connectivity index (χ1v) is 18.9. The van der Waals surface area contributed by atoms with Crippen LogP contribution in [0.4, 0.5) is 8.92 Å². The van der Waals surface area contributed by atoms with Gasteiger partial charge in [-0.2, -0.15) is 10.0 Å². The number of likely N-dealkylation sites (tertiary alicyclic amines) is 2. The summed E-state index contributed by atoms with van der Waals surface area (Å²) in [4.78, 5) is 44.9. The maximum Gasteiger partial charge on any atom is 0.257 e. The van der Waals surface area contributed by atoms with Crippen LogP contribution in [0.2, 0.25) is 0 Å². The summed E-state index contributed by atoms with van der Waals surface area (Å²) in [6.45, 7) is 15.8. The van der Waals surface area contributed by atoms with Crippen molar-refractivity contribution in [3.8, 4) is 0 Å². The van der Waals surface area contributed by atoms with Crippen LogP contribution in [-0.2, 0) is 21.1 Å². The molecule has 1 aromatic carbocycles. The molecule has 4 fully saturated rings. The summed E-state index contributed by atoms with van der Waals surface area (Å²) < 4.78 is 23.0. The molecule has 4 aliphatic rings. The number of nitrogens with zero attached hydrogens (tertiary/aromatic N) is 4. The summed E-state index contributed by atoms with van der Waals surface area (Å²) in [5, 5.41) is 13.0. The van der Waals surface area contributed by atoms with Gasteiger partial charge in [-0.25, -0.2) is 4.39 Å². The lowest BCUT2D eigenvalue weighted by molar-refractivity contribution is -0.150. The molecule has 6 rings (SSSR count). The highest BCUT2D eigenvalue weighted by molar-refractivity contribution is 5.95. The number of alkyl halides is 1. The molecule has 3 heterocycles. The van der Waals surface area contributed by atoms with E-state index in [0.29, 0.717) is 44.3 Å². The highest BCUT2D eigenvalue weighted by atomic mass is 19.3. The molecule has 1 aromatic heterocycles. The molecule has 3 N–H and O–H groups in total. The van der Waals surface area contributed by atoms with Gasteiger partial charge in [-0.15, -0.1) is 6.58 Å². The minimum absolute atomic E-state index is 0. The van der Waals surface area contributed by atoms with Crippen molar-refractivity contribution < 1.29 is 34.8 Å². The molecule has 12 heteroatoms. The van der Waals surface area contributed by atoms with Crippen molar-refractivity contribution in [2.75, 3.05) is 46.1 Å². The third-order valence-electron chi connectivity index (χ3n) is 10.1. The van der Waals surface area contributed by atoms with Gasteiger partial charge in [0, 0.05) is 51.7 Å². The summed E-state index contributed by atoms with van der Waals surface area (Å²) in [5.74, 6) is -0.123. The molecule has 3 amide bonds. The molecule has 0 unspecified atom stereocenters. The number of hydrogen-bond donors (Lipinski definition) is 2. The third-order valence-corrected chi connectivity index (χ3v) is 10.1. The fourth-order valence-corrected chi connectivity index (χ4v) is 6.90. The lowest BCUT2D eigenvalue weighted by Gasteiger charge is -2.50. The monoisotopic (exact) mass is 733 g/mol. The summed E-state index contributed by atoms with van der Waals surface area (Å²) in [7, 11) is 0. The van der Waals surface area contributed by atoms with E-state index in [1.165, 1.54) is 38.2 Å². The predicted octanol–water partition coefficient (Wildman–Crippen LogP) is 7.02. The van der Waals surface area contributed by atoms with E-state index in [-0.39, 0.29) is 37.7 Å². The van der Waals surface area contributed by atoms with E-state index in [2.05, 4.69) is 30.5 Å². The molecule has 2 saturated heterocycles. The fourth-order valence-electron chi connectivity index (χ4n) is 6.90. The second-order valence-electron chi connectivity index (χ2n) is 14.7. The number of carbonyl (C=O) groups is 3. The van der Waals surface area contributed by atoms with Gasteiger partial charge < -0.3 is 20.6 Å². The van der Waals surface area contributed by atoms with E-state index in [4.69, 9.17) is 10.8 Å². The van der Waals surface area contributed by atoms with Crippen LogP contribution in [0.25, 0.3) is 0 Å². The molecule has 0 radical (unpaired) electrons. The Morgan fingerprint density at radius 2 is 1.67 bits per heavy atom. The molecule has 2 saturated carbocycles. The molecule has 2 aliphatic carbocycles. The topological polar surface area (TPSA) is 131 Å². The van der Waals surface area contributed by atoms with Gasteiger partial charge in [0.15, 0.2) is 0 Å². The quantitative estimate of drug-likeness (QED) is 0.199. The highest BCUT2D eigenvalue weighted by Crippen LogP contribution is 2.54. The van der Waals surface area contributed by atoms with Gasteiger partial charge in [-0.3, -0.25) is 19.1 Å². The van der Waals surface area contributed by atoms with Crippen molar-refractivity contribution in [2.24, 2.45) is 34.3 Å². The Kier molecular flexibility index (Phi) is 19.2. The molecule has 2 atom stereocenters. The van der Waals surface area contributed by atoms with Gasteiger partial charge in [0.2, 0.25) is 11.8 Å². The number of allylic oxidation sites excluding steroid dienone is 1. The number of hydrogen-bond acceptors (Lipinski definition) is 6. The molecule has 1 spiro atoms. The van der Waals surface area contributed by atoms with Gasteiger partial charge in [-0.05, 0) is 47.1 Å². The van der Waals surface area contributed by atoms with Gasteiger partial charge in [0.25, 0.3) is 5.91 Å². The van der Waals surface area contributed by atoms with Crippen molar-refractivity contribution in [3.63, 3.8) is 0 Å². The molecule has 2 aliphatic heterocycles. The maximum atomic E-state index is 13.2. The maximum absolute atomic E-state index is 13.2. The van der Waals surface area contributed by atoms with E-state index in [9.17, 15) is 23.3 Å². The number of carbonyl (C=O) groups excluding carboxylic acids is 3. The Balaban J connectivity index is 0.000000551. The van der Waals surface area contributed by atoms with Crippen LogP contribution in [0, 0.1) is 28.6 Å². The zero-order valence-corrected chi connectivity index (χ0v) is 32.1. The Morgan fingerprint density at radius 3 is 2.13 bits per heavy atom. The summed E-state index contributed by atoms with van der Waals surface area (Å²) in [6.07, 6.45) is 13.8. The average molecular weight is 734 g/mol. The second-order valence-corrected chi connectivity index (χ2v) is 14.7. The minimum Gasteiger partial charge on any atom is -0.396 e. The van der Waals surface area contributed by atoms with Crippen LogP contribution in [0.1, 0.15) is 103 Å². The zero-order valence-electron chi connectivity index (χ0n) is 32.1. The lowest BCUT2D eigenvalue weighted by atomic mass is 9.71. The first-order chi connectivity index (χ1) is 24.9. The fraction of sp³-hybridized carbons (Fsp3) is 0.650. The van der Waals surface area contributed by atoms with Crippen molar-refractivity contribution in [2.45, 2.75) is 92.5 Å². The SMILES string of the molecule is C=CCF.CC.CC1(C)C[C@@H]1C(=O)N1CC2(CN(C(=O)c3cnn(Cc4ccccc4)c3)C[C@H]2C(N)=O)C1.CCCCOF.OCC1CCCCC1.[HH]. The van der Waals surface area contributed by atoms with E-state index >= 15 is 0 Å². The molecule has 294 valence electrons. The number of benzene rings is 1. The molecule has 10 nitrogen and oxygen atoms in total. The summed E-state index contributed by atoms with van der Waals surface area (Å²) in [5.41, 5.74) is 6.94. The molecule has 52 heavy (non-hydrogen) atoms. The first-order valence-electron chi connectivity index (χ1n) is 18.9. The number of amides is 3. The van der Waals surface area contributed by atoms with E-state index in [1.54, 1.807) is 22.0 Å². The summed E-state index contributed by atoms with van der Waals surface area (Å²) in [6, 6.07) is 9.92. The number of nitrogens with two attached hydrogens (primary N) is 1. The van der Waals surface area contributed by atoms with Crippen LogP contribution < -0.4 is 5.73 Å². The number of halogens is 2. The Hall–Kier alpha value is -3.64. The van der Waals surface area contributed by atoms with E-state index in [1.807, 2.05) is 56.0 Å². The minimum atomic E-state index is -0.443. The molecule has 0 bridgehead atoms. The Labute approximate surface area is 311 Å². The normalized spacial score (nSPS) is 20.6. The van der Waals surface area contributed by atoms with Crippen LogP contribution in [0.5, 0.6) is 0 Å². The third kappa shape index (κ3) is 13.1. The first kappa shape index (κ1) is 44.5. The second kappa shape index (κ2) is 22.4. The molecular weight excluding hydrogens is 668 g/mol. The van der Waals surface area contributed by atoms with Gasteiger partial charge in [0.1, 0.15) is 6.67 Å². The van der Waals surface area contributed by atoms with Crippen molar-refractivity contribution in [1.82, 2.24) is 19.6 Å². The van der Waals surface area contributed by atoms with Crippen LogP contribution in [0.3, 0.4) is 0 Å². The summed E-state index contributed by atoms with van der Waals surface area (Å²) >= 11 is 0. The number of rotatable bonds is 10. The number of aliphatic hydroxyl groups is 1. The Bertz CT molecular complexity index is 1360. The van der Waals surface area contributed by atoms with Gasteiger partial charge in [-0.1, -0.05) is 96.7 Å². The molecule has 2 aromatic rings. The largest absolute Gasteiger partial charge is 0.396 e. The number of unbranched alkanes of at least 4 members (excludes halogenated alkanes) is 1. The highest BCUT2D eigenvalue weighted by Gasteiger charge is 2.61. The van der Waals surface area contributed by atoms with Gasteiger partial charge in [0.05, 0.1) is 30.8 Å². The van der Waals surface area contributed by atoms with Crippen molar-refractivity contribution in [3.05, 3.63) is 66.5 Å². The number of aliphatic hydroxyl groups excluding tert-OH is 1. The predicted molar refractivity (Wildman–Crippen MR) is 203 cm³/mol. The Morgan fingerprint density at radius 1 is 1.08 bits per heavy atom. The van der Waals surface area contributed by atoms with Crippen molar-refractivity contribution in [1.29, 1.82) is 0 Å². The van der Waals surface area contributed by atoms with E-state index in [0.717, 1.165) is 24.8 Å². The van der Waals surface area contributed by atoms with Crippen LogP contribution >= 0.6 is 0 Å². The van der Waals surface area contributed by atoms with Crippen molar-refractivity contribution >= 4 is 17.7 Å². The van der Waals surface area contributed by atoms with Crippen LogP contribution in [-0.4, -0.2) is 88.5 Å². The standard InChI is InChI=1S/C24H29N5O3.C7H14O.C4H9FO.C3H5F.C2H6.H2/c1-23(2)8-18(23)22(32)28-14-24(15-28)13-27(12-19(24)20(25)30)21(31)17-9-26-29(11-17)10-16-6-4-3-5-7-16;8-6-7-4-2-1-3-5-7;1-2-3-4-6-5;1-2-3-4;1-2;/h3-7,9,11,18-19H,8,10,12-15H2,1-2H3,(H2,25,30);7-8H,1-6H2;2-4H2,1H3;2H,1,3H2;1-2H3;1H/t18-,19+;;;;;/m1...../s1. The zero-order chi connectivity index (χ0) is 38.7. The number of aromatic nitrogens is 2. The average Bonchev–Trinajstić information content (AvgIpc) is 3.45.